The number of aliphatic hydroxyl groups is 1. The predicted molar refractivity (Wildman–Crippen MR) is 113 cm³/mol. The minimum Gasteiger partial charge on any atom is -0.464 e. The molecule has 0 aliphatic heterocycles. The molecular weight excluding hydrogens is 380 g/mol. The predicted octanol–water partition coefficient (Wildman–Crippen LogP) is 4.82. The highest BCUT2D eigenvalue weighted by molar-refractivity contribution is 7.85. The normalized spacial score (nSPS) is 13.1. The molecule has 1 unspecified atom stereocenters. The molecule has 0 heterocycles. The van der Waals surface area contributed by atoms with E-state index in [1.54, 1.807) is 0 Å². The number of aliphatic hydroxyl groups excluding tert-OH is 1. The lowest BCUT2D eigenvalue weighted by Crippen LogP contribution is -2.24. The summed E-state index contributed by atoms with van der Waals surface area (Å²) < 4.78 is 34.4. The fraction of sp³-hybridized carbons (Fsp3) is 0.857. The topological polar surface area (TPSA) is 101 Å². The number of hydrogen-bond donors (Lipinski definition) is 2. The molecule has 0 saturated heterocycles. The van der Waals surface area contributed by atoms with Gasteiger partial charge in [-0.2, -0.15) is 8.42 Å². The maximum Gasteiger partial charge on any atom is 0.334 e. The van der Waals surface area contributed by atoms with Crippen LogP contribution in [0.5, 0.6) is 0 Å². The van der Waals surface area contributed by atoms with E-state index in [9.17, 15) is 18.3 Å². The fourth-order valence-corrected chi connectivity index (χ4v) is 3.34. The summed E-state index contributed by atoms with van der Waals surface area (Å²) >= 11 is 0. The Hall–Kier alpha value is -0.920. The lowest BCUT2D eigenvalue weighted by Gasteiger charge is -2.10. The highest BCUT2D eigenvalue weighted by atomic mass is 32.2. The van der Waals surface area contributed by atoms with Crippen molar-refractivity contribution < 1.29 is 27.6 Å². The van der Waals surface area contributed by atoms with Crippen molar-refractivity contribution in [2.75, 3.05) is 12.4 Å². The molecule has 0 aromatic rings. The van der Waals surface area contributed by atoms with Gasteiger partial charge in [0.05, 0.1) is 12.4 Å². The van der Waals surface area contributed by atoms with E-state index in [4.69, 9.17) is 9.29 Å². The molecule has 0 aromatic heterocycles. The molecule has 0 aliphatic carbocycles. The number of rotatable bonds is 19. The Morgan fingerprint density at radius 2 is 1.43 bits per heavy atom. The van der Waals surface area contributed by atoms with Gasteiger partial charge >= 0.3 is 5.97 Å². The van der Waals surface area contributed by atoms with Crippen molar-refractivity contribution in [2.24, 2.45) is 0 Å². The smallest absolute Gasteiger partial charge is 0.334 e. The zero-order valence-corrected chi connectivity index (χ0v) is 18.3. The van der Waals surface area contributed by atoms with Crippen LogP contribution >= 0.6 is 0 Å². The highest BCUT2D eigenvalue weighted by Gasteiger charge is 2.16. The first-order valence-electron chi connectivity index (χ1n) is 10.8. The van der Waals surface area contributed by atoms with Crippen LogP contribution in [0.25, 0.3) is 0 Å². The molecule has 0 rings (SSSR count). The van der Waals surface area contributed by atoms with Crippen LogP contribution in [0.3, 0.4) is 0 Å². The van der Waals surface area contributed by atoms with Gasteiger partial charge in [0.2, 0.25) is 0 Å². The Morgan fingerprint density at radius 3 is 2.00 bits per heavy atom. The second kappa shape index (κ2) is 18.1. The van der Waals surface area contributed by atoms with Gasteiger partial charge in [-0.05, 0) is 38.5 Å². The summed E-state index contributed by atoms with van der Waals surface area (Å²) in [6, 6.07) is 0. The number of esters is 1. The Bertz CT molecular complexity index is 501. The van der Waals surface area contributed by atoms with Gasteiger partial charge in [-0.25, -0.2) is 4.79 Å². The quantitative estimate of drug-likeness (QED) is 0.134. The summed E-state index contributed by atoms with van der Waals surface area (Å²) in [6.45, 7) is 2.11. The Kier molecular flexibility index (Phi) is 17.5. The summed E-state index contributed by atoms with van der Waals surface area (Å²) in [5, 5.41) is 9.71. The van der Waals surface area contributed by atoms with Crippen LogP contribution < -0.4 is 0 Å². The van der Waals surface area contributed by atoms with Gasteiger partial charge in [-0.15, -0.1) is 0 Å². The summed E-state index contributed by atoms with van der Waals surface area (Å²) in [5.41, 5.74) is 0. The lowest BCUT2D eigenvalue weighted by atomic mass is 10.1. The minimum absolute atomic E-state index is 0.0175. The van der Waals surface area contributed by atoms with E-state index in [2.05, 4.69) is 19.1 Å². The Labute approximate surface area is 171 Å². The SMILES string of the molecule is CCCCCCCCC=CCCCCCCC(O)C(=O)OCCCS(=O)(=O)O. The average molecular weight is 421 g/mol. The minimum atomic E-state index is -4.04. The first-order valence-corrected chi connectivity index (χ1v) is 12.4. The van der Waals surface area contributed by atoms with E-state index >= 15 is 0 Å². The Morgan fingerprint density at radius 1 is 0.893 bits per heavy atom. The summed E-state index contributed by atoms with van der Waals surface area (Å²) in [6.07, 6.45) is 17.9. The average Bonchev–Trinajstić information content (AvgIpc) is 2.64. The molecule has 28 heavy (non-hydrogen) atoms. The van der Waals surface area contributed by atoms with Crippen LogP contribution in [0, 0.1) is 0 Å². The van der Waals surface area contributed by atoms with Crippen molar-refractivity contribution in [3.05, 3.63) is 12.2 Å². The monoisotopic (exact) mass is 420 g/mol. The van der Waals surface area contributed by atoms with Crippen LogP contribution in [0.15, 0.2) is 12.2 Å². The number of carbonyl (C=O) groups excluding carboxylic acids is 1. The third-order valence-corrected chi connectivity index (χ3v) is 5.36. The van der Waals surface area contributed by atoms with E-state index in [1.807, 2.05) is 0 Å². The second-order valence-electron chi connectivity index (χ2n) is 7.34. The molecule has 0 fully saturated rings. The van der Waals surface area contributed by atoms with Crippen molar-refractivity contribution in [2.45, 2.75) is 103 Å². The van der Waals surface area contributed by atoms with Crippen molar-refractivity contribution in [1.29, 1.82) is 0 Å². The van der Waals surface area contributed by atoms with Gasteiger partial charge in [0, 0.05) is 0 Å². The molecule has 2 N–H and O–H groups in total. The number of hydrogen-bond acceptors (Lipinski definition) is 5. The largest absolute Gasteiger partial charge is 0.464 e. The first kappa shape index (κ1) is 27.1. The standard InChI is InChI=1S/C21H40O6S/c1-2-3-4-5-6-7-8-9-10-11-12-13-14-15-17-20(22)21(23)27-18-16-19-28(24,25)26/h9-10,20,22H,2-8,11-19H2,1H3,(H,24,25,26). The maximum absolute atomic E-state index is 11.5. The maximum atomic E-state index is 11.5. The third-order valence-electron chi connectivity index (χ3n) is 4.55. The Balaban J connectivity index is 3.44. The molecule has 166 valence electrons. The van der Waals surface area contributed by atoms with Gasteiger partial charge in [-0.3, -0.25) is 4.55 Å². The van der Waals surface area contributed by atoms with Gasteiger partial charge < -0.3 is 9.84 Å². The van der Waals surface area contributed by atoms with Crippen molar-refractivity contribution in [3.8, 4) is 0 Å². The van der Waals surface area contributed by atoms with Crippen LogP contribution in [0.4, 0.5) is 0 Å². The van der Waals surface area contributed by atoms with Crippen LogP contribution in [-0.4, -0.2) is 42.5 Å². The van der Waals surface area contributed by atoms with Crippen molar-refractivity contribution >= 4 is 16.1 Å². The zero-order valence-electron chi connectivity index (χ0n) is 17.5. The molecule has 0 aromatic carbocycles. The van der Waals surface area contributed by atoms with E-state index in [-0.39, 0.29) is 13.0 Å². The summed E-state index contributed by atoms with van der Waals surface area (Å²) in [5.74, 6) is -1.18. The van der Waals surface area contributed by atoms with Gasteiger partial charge in [-0.1, -0.05) is 70.4 Å². The van der Waals surface area contributed by atoms with Gasteiger partial charge in [0.15, 0.2) is 6.10 Å². The van der Waals surface area contributed by atoms with Gasteiger partial charge in [0.25, 0.3) is 10.1 Å². The zero-order chi connectivity index (χ0) is 21.1. The molecule has 0 spiro atoms. The second-order valence-corrected chi connectivity index (χ2v) is 8.91. The van der Waals surface area contributed by atoms with Crippen LogP contribution in [0.2, 0.25) is 0 Å². The van der Waals surface area contributed by atoms with Crippen LogP contribution in [-0.2, 0) is 19.6 Å². The molecule has 6 nitrogen and oxygen atoms in total. The molecular formula is C21H40O6S. The first-order chi connectivity index (χ1) is 13.4. The fourth-order valence-electron chi connectivity index (χ4n) is 2.86. The van der Waals surface area contributed by atoms with Gasteiger partial charge in [0.1, 0.15) is 0 Å². The van der Waals surface area contributed by atoms with Crippen LogP contribution in [0.1, 0.15) is 96.8 Å². The summed E-state index contributed by atoms with van der Waals surface area (Å²) in [7, 11) is -4.04. The molecule has 7 heteroatoms. The number of carbonyl (C=O) groups is 1. The molecule has 0 aliphatic rings. The van der Waals surface area contributed by atoms with E-state index < -0.39 is 27.9 Å². The molecule has 0 radical (unpaired) electrons. The molecule has 0 bridgehead atoms. The number of unbranched alkanes of at least 4 members (excludes halogenated alkanes) is 10. The van der Waals surface area contributed by atoms with Crippen molar-refractivity contribution in [3.63, 3.8) is 0 Å². The molecule has 1 atom stereocenters. The highest BCUT2D eigenvalue weighted by Crippen LogP contribution is 2.10. The summed E-state index contributed by atoms with van der Waals surface area (Å²) in [4.78, 5) is 11.5. The van der Waals surface area contributed by atoms with E-state index in [0.717, 1.165) is 32.1 Å². The van der Waals surface area contributed by atoms with E-state index in [0.29, 0.717) is 6.42 Å². The lowest BCUT2D eigenvalue weighted by molar-refractivity contribution is -0.153. The molecule has 0 saturated carbocycles. The third kappa shape index (κ3) is 19.8. The number of ether oxygens (including phenoxy) is 1. The van der Waals surface area contributed by atoms with Crippen molar-refractivity contribution in [1.82, 2.24) is 0 Å². The van der Waals surface area contributed by atoms with E-state index in [1.165, 1.54) is 44.9 Å². The number of allylic oxidation sites excluding steroid dienone is 2. The molecule has 0 amide bonds.